The molecule has 0 aliphatic heterocycles. The number of hydrogen-bond acceptors (Lipinski definition) is 0. The first-order chi connectivity index (χ1) is 21.6. The van der Waals surface area contributed by atoms with Crippen LogP contribution in [0.15, 0.2) is 127 Å². The van der Waals surface area contributed by atoms with E-state index in [1.54, 1.807) is 0 Å². The van der Waals surface area contributed by atoms with E-state index in [9.17, 15) is 0 Å². The number of hydrogen-bond donors (Lipinski definition) is 0. The molecular weight excluding hydrogens is 667 g/mol. The van der Waals surface area contributed by atoms with E-state index in [0.717, 1.165) is 0 Å². The number of aryl methyl sites for hydroxylation is 1. The fraction of sp³-hybridized carbons (Fsp3) is 0.190. The summed E-state index contributed by atoms with van der Waals surface area (Å²) in [6.07, 6.45) is 0. The van der Waals surface area contributed by atoms with Gasteiger partial charge in [-0.2, -0.15) is 12.1 Å². The minimum absolute atomic E-state index is 0.204. The molecule has 7 aromatic carbocycles. The molecule has 0 saturated heterocycles. The summed E-state index contributed by atoms with van der Waals surface area (Å²) in [6.45, 7) is 13.4. The molecule has 0 aromatic heterocycles. The number of halogens is 2. The second kappa shape index (κ2) is 14.6. The van der Waals surface area contributed by atoms with Gasteiger partial charge in [0.15, 0.2) is 0 Å². The van der Waals surface area contributed by atoms with Crippen molar-refractivity contribution in [3.63, 3.8) is 0 Å². The molecule has 3 heteroatoms. The second-order valence-electron chi connectivity index (χ2n) is 13.0. The van der Waals surface area contributed by atoms with Crippen molar-refractivity contribution in [2.45, 2.75) is 52.9 Å². The van der Waals surface area contributed by atoms with Crippen molar-refractivity contribution in [2.75, 3.05) is 0 Å². The van der Waals surface area contributed by atoms with E-state index in [4.69, 9.17) is 17.0 Å². The van der Waals surface area contributed by atoms with Crippen molar-refractivity contribution >= 4 is 49.3 Å². The zero-order valence-corrected chi connectivity index (χ0v) is 30.9. The molecule has 0 bridgehead atoms. The molecule has 0 saturated carbocycles. The first-order valence-corrected chi connectivity index (χ1v) is 21.8. The molecule has 0 radical (unpaired) electrons. The van der Waals surface area contributed by atoms with Crippen molar-refractivity contribution < 1.29 is 20.8 Å². The van der Waals surface area contributed by atoms with Crippen molar-refractivity contribution in [3.05, 3.63) is 144 Å². The summed E-state index contributed by atoms with van der Waals surface area (Å²) in [5, 5.41) is 8.01. The number of rotatable bonds is 3. The Hall–Kier alpha value is -2.96. The monoisotopic (exact) mass is 704 g/mol. The van der Waals surface area contributed by atoms with Crippen LogP contribution in [0.2, 0.25) is 0 Å². The molecule has 0 fully saturated rings. The Balaban J connectivity index is 0.000000164. The summed E-state index contributed by atoms with van der Waals surface area (Å²) in [6, 6.07) is 46.6. The molecule has 0 N–H and O–H groups in total. The van der Waals surface area contributed by atoms with Crippen LogP contribution in [0.4, 0.5) is 0 Å². The first-order valence-electron chi connectivity index (χ1n) is 15.5. The Morgan fingerprint density at radius 2 is 1.13 bits per heavy atom. The van der Waals surface area contributed by atoms with Crippen LogP contribution >= 0.6 is 17.0 Å². The molecule has 7 rings (SSSR count). The third kappa shape index (κ3) is 7.72. The van der Waals surface area contributed by atoms with Crippen LogP contribution in [0.1, 0.15) is 57.2 Å². The fourth-order valence-corrected chi connectivity index (χ4v) is 6.07. The third-order valence-electron chi connectivity index (χ3n) is 8.48. The Bertz CT molecular complexity index is 2010. The van der Waals surface area contributed by atoms with Gasteiger partial charge in [0.2, 0.25) is 0 Å². The van der Waals surface area contributed by atoms with Gasteiger partial charge in [-0.25, -0.2) is 0 Å². The SMILES string of the molecule is CC(C)c1cc2c(-c3ccc(C(C)(C)C)cc3)cccc2[cH-]1.Cc1cc2c(-c3cccc4ccccc34)cccc2[cH-]1.[Cl][Zr+2][Cl]. The van der Waals surface area contributed by atoms with Crippen molar-refractivity contribution in [1.29, 1.82) is 0 Å². The van der Waals surface area contributed by atoms with E-state index in [-0.39, 0.29) is 5.41 Å². The molecule has 0 amide bonds. The Kier molecular flexibility index (Phi) is 10.9. The van der Waals surface area contributed by atoms with Crippen LogP contribution in [-0.4, -0.2) is 0 Å². The van der Waals surface area contributed by atoms with Gasteiger partial charge in [0, 0.05) is 0 Å². The maximum atomic E-state index is 4.93. The first kappa shape index (κ1) is 33.4. The number of fused-ring (bicyclic) bond motifs is 3. The number of benzene rings is 5. The van der Waals surface area contributed by atoms with Crippen LogP contribution in [0.25, 0.3) is 54.6 Å². The van der Waals surface area contributed by atoms with E-state index in [2.05, 4.69) is 169 Å². The zero-order chi connectivity index (χ0) is 32.1. The predicted molar refractivity (Wildman–Crippen MR) is 197 cm³/mol. The maximum absolute atomic E-state index is 4.93. The molecule has 7 aromatic rings. The standard InChI is InChI=1S/C22H25.C20H15.2ClH.Zr/c1-15(2)18-13-17-7-6-8-20(21(17)14-18)16-9-11-19(12-10-16)22(3,4)5;1-14-12-16-8-5-11-19(20(16)13-14)18-10-4-7-15-6-2-3-9-17(15)18;;;/h6-15H,1-5H3;2-13H,1H3;2*1H;/q2*-1;;;+4/p-2. The summed E-state index contributed by atoms with van der Waals surface area (Å²) in [5.41, 5.74) is 9.63. The Morgan fingerprint density at radius 3 is 1.78 bits per heavy atom. The molecular formula is C42H40Cl2Zr. The average Bonchev–Trinajstić information content (AvgIpc) is 3.64. The zero-order valence-electron chi connectivity index (χ0n) is 27.0. The van der Waals surface area contributed by atoms with Gasteiger partial charge < -0.3 is 0 Å². The topological polar surface area (TPSA) is 0 Å². The van der Waals surface area contributed by atoms with Gasteiger partial charge in [-0.1, -0.05) is 132 Å². The molecule has 0 heterocycles. The predicted octanol–water partition coefficient (Wildman–Crippen LogP) is 13.7. The van der Waals surface area contributed by atoms with E-state index in [1.807, 2.05) is 0 Å². The van der Waals surface area contributed by atoms with Crippen LogP contribution in [0, 0.1) is 6.92 Å². The van der Waals surface area contributed by atoms with Crippen molar-refractivity contribution in [3.8, 4) is 22.3 Å². The second-order valence-corrected chi connectivity index (χ2v) is 16.8. The summed E-state index contributed by atoms with van der Waals surface area (Å²) in [4.78, 5) is 0. The van der Waals surface area contributed by atoms with Crippen LogP contribution in [-0.2, 0) is 26.3 Å². The molecule has 0 atom stereocenters. The average molecular weight is 707 g/mol. The van der Waals surface area contributed by atoms with Gasteiger partial charge in [0.1, 0.15) is 0 Å². The van der Waals surface area contributed by atoms with E-state index >= 15 is 0 Å². The summed E-state index contributed by atoms with van der Waals surface area (Å²) >= 11 is -0.826. The quantitative estimate of drug-likeness (QED) is 0.161. The van der Waals surface area contributed by atoms with Crippen LogP contribution < -0.4 is 0 Å². The molecule has 0 aliphatic rings. The van der Waals surface area contributed by atoms with Crippen LogP contribution in [0.3, 0.4) is 0 Å². The van der Waals surface area contributed by atoms with E-state index in [0.29, 0.717) is 5.92 Å². The third-order valence-corrected chi connectivity index (χ3v) is 8.48. The summed E-state index contributed by atoms with van der Waals surface area (Å²) in [7, 11) is 9.87. The molecule has 0 spiro atoms. The van der Waals surface area contributed by atoms with Gasteiger partial charge >= 0.3 is 37.9 Å². The van der Waals surface area contributed by atoms with Crippen LogP contribution in [0.5, 0.6) is 0 Å². The molecule has 226 valence electrons. The van der Waals surface area contributed by atoms with E-state index in [1.165, 1.54) is 71.3 Å². The normalized spacial score (nSPS) is 11.2. The molecule has 45 heavy (non-hydrogen) atoms. The fourth-order valence-electron chi connectivity index (χ4n) is 6.07. The van der Waals surface area contributed by atoms with Gasteiger partial charge in [0.05, 0.1) is 0 Å². The van der Waals surface area contributed by atoms with E-state index < -0.39 is 20.8 Å². The minimum atomic E-state index is -0.826. The Labute approximate surface area is 287 Å². The summed E-state index contributed by atoms with van der Waals surface area (Å²) < 4.78 is 0. The molecule has 0 unspecified atom stereocenters. The van der Waals surface area contributed by atoms with Gasteiger partial charge in [-0.05, 0) is 38.8 Å². The van der Waals surface area contributed by atoms with Gasteiger partial charge in [-0.3, -0.25) is 0 Å². The van der Waals surface area contributed by atoms with Gasteiger partial charge in [0.25, 0.3) is 0 Å². The van der Waals surface area contributed by atoms with Crippen molar-refractivity contribution in [1.82, 2.24) is 0 Å². The summed E-state index contributed by atoms with van der Waals surface area (Å²) in [5.74, 6) is 0.573. The van der Waals surface area contributed by atoms with Gasteiger partial charge in [-0.15, -0.1) is 69.1 Å². The molecule has 0 nitrogen and oxygen atoms in total. The Morgan fingerprint density at radius 1 is 0.600 bits per heavy atom. The molecule has 0 aliphatic carbocycles. The van der Waals surface area contributed by atoms with Crippen molar-refractivity contribution in [2.24, 2.45) is 0 Å².